The first kappa shape index (κ1) is 16.4. The highest BCUT2D eigenvalue weighted by atomic mass is 32.2. The molecular formula is C14H19N3O4S. The van der Waals surface area contributed by atoms with Gasteiger partial charge in [-0.3, -0.25) is 9.59 Å². The van der Waals surface area contributed by atoms with Crippen LogP contribution in [0.4, 0.5) is 0 Å². The molecule has 0 atom stereocenters. The Hall–Kier alpha value is -1.93. The molecule has 1 aliphatic rings. The largest absolute Gasteiger partial charge is 0.350 e. The number of carbonyl (C=O) groups excluding carboxylic acids is 2. The summed E-state index contributed by atoms with van der Waals surface area (Å²) in [4.78, 5) is 24.9. The van der Waals surface area contributed by atoms with E-state index in [-0.39, 0.29) is 29.8 Å². The number of nitrogens with one attached hydrogen (secondary N) is 2. The van der Waals surface area contributed by atoms with Crippen molar-refractivity contribution in [2.24, 2.45) is 0 Å². The van der Waals surface area contributed by atoms with E-state index in [0.717, 1.165) is 6.42 Å². The van der Waals surface area contributed by atoms with Crippen molar-refractivity contribution in [2.45, 2.75) is 24.3 Å². The summed E-state index contributed by atoms with van der Waals surface area (Å²) in [6.07, 6.45) is 1.28. The number of sulfonamides is 1. The Kier molecular flexibility index (Phi) is 5.15. The van der Waals surface area contributed by atoms with E-state index < -0.39 is 10.0 Å². The molecule has 22 heavy (non-hydrogen) atoms. The molecule has 2 rings (SSSR count). The molecule has 1 aliphatic heterocycles. The van der Waals surface area contributed by atoms with Crippen LogP contribution in [-0.2, 0) is 26.2 Å². The molecular weight excluding hydrogens is 306 g/mol. The standard InChI is InChI=1S/C14H19N3O4S/c1-15-22(20,21)12-5-2-4-11(8-12)9-16-13(18)10-17-7-3-6-14(17)19/h2,4-5,8,15H,3,6-7,9-10H2,1H3,(H,16,18). The molecule has 0 saturated carbocycles. The summed E-state index contributed by atoms with van der Waals surface area (Å²) in [7, 11) is -2.16. The Morgan fingerprint density at radius 3 is 2.77 bits per heavy atom. The average molecular weight is 325 g/mol. The Labute approximate surface area is 129 Å². The second kappa shape index (κ2) is 6.89. The second-order valence-corrected chi connectivity index (χ2v) is 6.94. The SMILES string of the molecule is CNS(=O)(=O)c1cccc(CNC(=O)CN2CCCC2=O)c1. The summed E-state index contributed by atoms with van der Waals surface area (Å²) in [5, 5.41) is 2.70. The highest BCUT2D eigenvalue weighted by Gasteiger charge is 2.22. The zero-order valence-corrected chi connectivity index (χ0v) is 13.1. The third-order valence-corrected chi connectivity index (χ3v) is 4.88. The first-order chi connectivity index (χ1) is 10.4. The lowest BCUT2D eigenvalue weighted by molar-refractivity contribution is -0.133. The topological polar surface area (TPSA) is 95.6 Å². The minimum absolute atomic E-state index is 0.00254. The number of likely N-dealkylation sites (tertiary alicyclic amines) is 1. The molecule has 1 fully saturated rings. The van der Waals surface area contributed by atoms with E-state index in [2.05, 4.69) is 10.0 Å². The van der Waals surface area contributed by atoms with Gasteiger partial charge in [-0.1, -0.05) is 12.1 Å². The van der Waals surface area contributed by atoms with Crippen LogP contribution in [0.2, 0.25) is 0 Å². The van der Waals surface area contributed by atoms with E-state index in [9.17, 15) is 18.0 Å². The predicted octanol–water partition coefficient (Wildman–Crippen LogP) is -0.167. The van der Waals surface area contributed by atoms with Gasteiger partial charge >= 0.3 is 0 Å². The van der Waals surface area contributed by atoms with Gasteiger partial charge in [0.25, 0.3) is 0 Å². The van der Waals surface area contributed by atoms with Gasteiger partial charge in [-0.05, 0) is 31.2 Å². The van der Waals surface area contributed by atoms with Crippen molar-refractivity contribution in [3.63, 3.8) is 0 Å². The van der Waals surface area contributed by atoms with E-state index >= 15 is 0 Å². The molecule has 0 unspecified atom stereocenters. The minimum atomic E-state index is -3.50. The van der Waals surface area contributed by atoms with Crippen molar-refractivity contribution in [2.75, 3.05) is 20.1 Å². The number of nitrogens with zero attached hydrogens (tertiary/aromatic N) is 1. The summed E-state index contributed by atoms with van der Waals surface area (Å²) >= 11 is 0. The van der Waals surface area contributed by atoms with Gasteiger partial charge in [0.15, 0.2) is 0 Å². The van der Waals surface area contributed by atoms with Crippen LogP contribution in [0.1, 0.15) is 18.4 Å². The summed E-state index contributed by atoms with van der Waals surface area (Å²) in [6, 6.07) is 6.35. The number of benzene rings is 1. The quantitative estimate of drug-likeness (QED) is 0.759. The van der Waals surface area contributed by atoms with Gasteiger partial charge in [-0.25, -0.2) is 13.1 Å². The van der Waals surface area contributed by atoms with Gasteiger partial charge in [0.2, 0.25) is 21.8 Å². The molecule has 1 heterocycles. The lowest BCUT2D eigenvalue weighted by Gasteiger charge is -2.15. The molecule has 1 aromatic carbocycles. The third-order valence-electron chi connectivity index (χ3n) is 3.47. The summed E-state index contributed by atoms with van der Waals surface area (Å²) in [6.45, 7) is 0.878. The molecule has 2 N–H and O–H groups in total. The number of rotatable bonds is 6. The van der Waals surface area contributed by atoms with Gasteiger partial charge in [0.1, 0.15) is 0 Å². The average Bonchev–Trinajstić information content (AvgIpc) is 2.90. The van der Waals surface area contributed by atoms with E-state index in [1.54, 1.807) is 12.1 Å². The molecule has 120 valence electrons. The maximum absolute atomic E-state index is 11.8. The number of hydrogen-bond donors (Lipinski definition) is 2. The first-order valence-electron chi connectivity index (χ1n) is 6.99. The van der Waals surface area contributed by atoms with Gasteiger partial charge in [0, 0.05) is 19.5 Å². The fourth-order valence-electron chi connectivity index (χ4n) is 2.24. The zero-order valence-electron chi connectivity index (χ0n) is 12.3. The van der Waals surface area contributed by atoms with Gasteiger partial charge in [-0.2, -0.15) is 0 Å². The van der Waals surface area contributed by atoms with Crippen LogP contribution in [0.15, 0.2) is 29.2 Å². The van der Waals surface area contributed by atoms with Crippen LogP contribution in [-0.4, -0.2) is 45.3 Å². The molecule has 0 spiro atoms. The second-order valence-electron chi connectivity index (χ2n) is 5.05. The van der Waals surface area contributed by atoms with Crippen molar-refractivity contribution in [3.8, 4) is 0 Å². The van der Waals surface area contributed by atoms with E-state index in [0.29, 0.717) is 18.5 Å². The maximum atomic E-state index is 11.8. The number of hydrogen-bond acceptors (Lipinski definition) is 4. The highest BCUT2D eigenvalue weighted by molar-refractivity contribution is 7.89. The maximum Gasteiger partial charge on any atom is 0.240 e. The van der Waals surface area contributed by atoms with Crippen LogP contribution < -0.4 is 10.0 Å². The van der Waals surface area contributed by atoms with E-state index in [1.807, 2.05) is 0 Å². The normalized spacial score (nSPS) is 15.1. The van der Waals surface area contributed by atoms with E-state index in [1.165, 1.54) is 24.1 Å². The summed E-state index contributed by atoms with van der Waals surface area (Å²) < 4.78 is 25.7. The molecule has 0 bridgehead atoms. The van der Waals surface area contributed by atoms with Gasteiger partial charge in [-0.15, -0.1) is 0 Å². The lowest BCUT2D eigenvalue weighted by atomic mass is 10.2. The van der Waals surface area contributed by atoms with Crippen LogP contribution in [0.3, 0.4) is 0 Å². The molecule has 1 saturated heterocycles. The molecule has 8 heteroatoms. The minimum Gasteiger partial charge on any atom is -0.350 e. The highest BCUT2D eigenvalue weighted by Crippen LogP contribution is 2.11. The Balaban J connectivity index is 1.93. The van der Waals surface area contributed by atoms with Gasteiger partial charge < -0.3 is 10.2 Å². The van der Waals surface area contributed by atoms with Crippen molar-refractivity contribution in [3.05, 3.63) is 29.8 Å². The van der Waals surface area contributed by atoms with Crippen molar-refractivity contribution < 1.29 is 18.0 Å². The van der Waals surface area contributed by atoms with Crippen LogP contribution >= 0.6 is 0 Å². The Morgan fingerprint density at radius 1 is 1.36 bits per heavy atom. The fraction of sp³-hybridized carbons (Fsp3) is 0.429. The molecule has 7 nitrogen and oxygen atoms in total. The smallest absolute Gasteiger partial charge is 0.240 e. The number of carbonyl (C=O) groups is 2. The summed E-state index contributed by atoms with van der Waals surface area (Å²) in [5.74, 6) is -0.255. The lowest BCUT2D eigenvalue weighted by Crippen LogP contribution is -2.37. The van der Waals surface area contributed by atoms with Gasteiger partial charge in [0.05, 0.1) is 11.4 Å². The molecule has 0 aliphatic carbocycles. The fourth-order valence-corrected chi connectivity index (χ4v) is 3.04. The van der Waals surface area contributed by atoms with Crippen molar-refractivity contribution in [1.82, 2.24) is 14.9 Å². The van der Waals surface area contributed by atoms with Crippen LogP contribution in [0.25, 0.3) is 0 Å². The predicted molar refractivity (Wildman–Crippen MR) is 80.3 cm³/mol. The third kappa shape index (κ3) is 4.05. The molecule has 1 aromatic rings. The Bertz CT molecular complexity index is 672. The first-order valence-corrected chi connectivity index (χ1v) is 8.47. The number of amides is 2. The summed E-state index contributed by atoms with van der Waals surface area (Å²) in [5.41, 5.74) is 0.678. The van der Waals surface area contributed by atoms with Crippen LogP contribution in [0, 0.1) is 0 Å². The Morgan fingerprint density at radius 2 is 2.14 bits per heavy atom. The van der Waals surface area contributed by atoms with Crippen molar-refractivity contribution in [1.29, 1.82) is 0 Å². The molecule has 0 radical (unpaired) electrons. The zero-order chi connectivity index (χ0) is 16.2. The molecule has 0 aromatic heterocycles. The van der Waals surface area contributed by atoms with E-state index in [4.69, 9.17) is 0 Å². The van der Waals surface area contributed by atoms with Crippen LogP contribution in [0.5, 0.6) is 0 Å². The monoisotopic (exact) mass is 325 g/mol. The molecule has 2 amide bonds. The van der Waals surface area contributed by atoms with Crippen molar-refractivity contribution >= 4 is 21.8 Å².